The van der Waals surface area contributed by atoms with E-state index in [0.717, 1.165) is 24.8 Å². The van der Waals surface area contributed by atoms with Gasteiger partial charge in [0, 0.05) is 11.0 Å². The van der Waals surface area contributed by atoms with Gasteiger partial charge in [-0.25, -0.2) is 13.1 Å². The van der Waals surface area contributed by atoms with E-state index in [-0.39, 0.29) is 17.0 Å². The van der Waals surface area contributed by atoms with Crippen molar-refractivity contribution in [2.24, 2.45) is 5.11 Å². The van der Waals surface area contributed by atoms with Crippen molar-refractivity contribution in [1.29, 1.82) is 0 Å². The Bertz CT molecular complexity index is 606. The maximum Gasteiger partial charge on any atom is 0.240 e. The quantitative estimate of drug-likeness (QED) is 0.525. The summed E-state index contributed by atoms with van der Waals surface area (Å²) in [5, 5.41) is 3.71. The molecular formula is C13H18N4O2S. The van der Waals surface area contributed by atoms with Crippen molar-refractivity contribution in [1.82, 2.24) is 4.72 Å². The molecule has 108 valence electrons. The van der Waals surface area contributed by atoms with Gasteiger partial charge in [0.2, 0.25) is 10.0 Å². The molecule has 0 saturated heterocycles. The molecule has 1 fully saturated rings. The lowest BCUT2D eigenvalue weighted by molar-refractivity contribution is 0.360. The van der Waals surface area contributed by atoms with Crippen molar-refractivity contribution in [3.8, 4) is 0 Å². The molecule has 1 saturated carbocycles. The van der Waals surface area contributed by atoms with Crippen LogP contribution < -0.4 is 4.72 Å². The van der Waals surface area contributed by atoms with Crippen LogP contribution in [0, 0.1) is 6.92 Å². The molecule has 1 aromatic carbocycles. The topological polar surface area (TPSA) is 94.9 Å². The summed E-state index contributed by atoms with van der Waals surface area (Å²) in [6, 6.07) is 6.09. The summed E-state index contributed by atoms with van der Waals surface area (Å²) in [6.07, 6.45) is 3.34. The summed E-state index contributed by atoms with van der Waals surface area (Å²) >= 11 is 0. The summed E-state index contributed by atoms with van der Waals surface area (Å²) in [7, 11) is -3.56. The maximum absolute atomic E-state index is 12.3. The van der Waals surface area contributed by atoms with E-state index in [9.17, 15) is 8.42 Å². The first-order valence-corrected chi connectivity index (χ1v) is 8.14. The van der Waals surface area contributed by atoms with Gasteiger partial charge in [0.25, 0.3) is 0 Å². The molecule has 1 aromatic rings. The molecule has 0 radical (unpaired) electrons. The molecule has 0 aromatic heterocycles. The minimum atomic E-state index is -3.56. The van der Waals surface area contributed by atoms with Gasteiger partial charge in [-0.05, 0) is 37.4 Å². The van der Waals surface area contributed by atoms with E-state index < -0.39 is 10.0 Å². The number of azide groups is 1. The van der Waals surface area contributed by atoms with E-state index in [4.69, 9.17) is 5.53 Å². The van der Waals surface area contributed by atoms with E-state index in [1.165, 1.54) is 0 Å². The molecule has 1 aliphatic carbocycles. The molecule has 0 heterocycles. The molecule has 0 aliphatic heterocycles. The van der Waals surface area contributed by atoms with Gasteiger partial charge in [0.15, 0.2) is 0 Å². The van der Waals surface area contributed by atoms with E-state index in [1.54, 1.807) is 24.3 Å². The van der Waals surface area contributed by atoms with Crippen LogP contribution in [0.4, 0.5) is 0 Å². The molecule has 0 amide bonds. The average molecular weight is 294 g/mol. The Morgan fingerprint density at radius 2 is 1.90 bits per heavy atom. The van der Waals surface area contributed by atoms with Gasteiger partial charge in [-0.1, -0.05) is 35.7 Å². The van der Waals surface area contributed by atoms with Crippen LogP contribution in [0.1, 0.15) is 31.2 Å². The summed E-state index contributed by atoms with van der Waals surface area (Å²) in [4.78, 5) is 3.06. The molecule has 2 atom stereocenters. The van der Waals surface area contributed by atoms with Crippen LogP contribution >= 0.6 is 0 Å². The van der Waals surface area contributed by atoms with Crippen LogP contribution in [0.2, 0.25) is 0 Å². The largest absolute Gasteiger partial charge is 0.240 e. The molecule has 6 nitrogen and oxygen atoms in total. The Balaban J connectivity index is 2.18. The van der Waals surface area contributed by atoms with E-state index >= 15 is 0 Å². The number of hydrogen-bond acceptors (Lipinski definition) is 3. The second kappa shape index (κ2) is 6.26. The molecular weight excluding hydrogens is 276 g/mol. The van der Waals surface area contributed by atoms with Gasteiger partial charge >= 0.3 is 0 Å². The van der Waals surface area contributed by atoms with Crippen molar-refractivity contribution in [2.45, 2.75) is 49.6 Å². The summed E-state index contributed by atoms with van der Waals surface area (Å²) in [5.41, 5.74) is 9.57. The van der Waals surface area contributed by atoms with E-state index in [2.05, 4.69) is 14.7 Å². The molecule has 2 unspecified atom stereocenters. The van der Waals surface area contributed by atoms with Gasteiger partial charge in [-0.15, -0.1) is 0 Å². The molecule has 20 heavy (non-hydrogen) atoms. The zero-order valence-electron chi connectivity index (χ0n) is 11.4. The van der Waals surface area contributed by atoms with E-state index in [1.807, 2.05) is 6.92 Å². The highest BCUT2D eigenvalue weighted by Crippen LogP contribution is 2.23. The van der Waals surface area contributed by atoms with Crippen molar-refractivity contribution in [2.75, 3.05) is 0 Å². The SMILES string of the molecule is Cc1ccc(S(=O)(=O)NC2CCCCC2N=[N+]=[N-])cc1. The van der Waals surface area contributed by atoms with Gasteiger partial charge < -0.3 is 0 Å². The number of rotatable bonds is 4. The van der Waals surface area contributed by atoms with Crippen LogP contribution in [-0.4, -0.2) is 20.5 Å². The molecule has 0 spiro atoms. The molecule has 0 bridgehead atoms. The lowest BCUT2D eigenvalue weighted by Gasteiger charge is -2.28. The zero-order valence-corrected chi connectivity index (χ0v) is 12.2. The van der Waals surface area contributed by atoms with Crippen LogP contribution in [0.15, 0.2) is 34.3 Å². The normalized spacial score (nSPS) is 23.1. The third-order valence-corrected chi connectivity index (χ3v) is 5.07. The first kappa shape index (κ1) is 14.8. The predicted octanol–water partition coefficient (Wildman–Crippen LogP) is 2.89. The van der Waals surface area contributed by atoms with Crippen LogP contribution in [0.3, 0.4) is 0 Å². The third kappa shape index (κ3) is 3.50. The van der Waals surface area contributed by atoms with Gasteiger partial charge in [-0.2, -0.15) is 0 Å². The fourth-order valence-electron chi connectivity index (χ4n) is 2.44. The summed E-state index contributed by atoms with van der Waals surface area (Å²) in [6.45, 7) is 1.91. The van der Waals surface area contributed by atoms with Crippen molar-refractivity contribution in [3.63, 3.8) is 0 Å². The molecule has 1 N–H and O–H groups in total. The first-order chi connectivity index (χ1) is 9.53. The third-order valence-electron chi connectivity index (χ3n) is 3.57. The second-order valence-corrected chi connectivity index (χ2v) is 6.81. The lowest BCUT2D eigenvalue weighted by atomic mass is 9.92. The average Bonchev–Trinajstić information content (AvgIpc) is 2.41. The Morgan fingerprint density at radius 3 is 2.55 bits per heavy atom. The van der Waals surface area contributed by atoms with Crippen LogP contribution in [-0.2, 0) is 10.0 Å². The van der Waals surface area contributed by atoms with Crippen LogP contribution in [0.25, 0.3) is 10.4 Å². The number of hydrogen-bond donors (Lipinski definition) is 1. The second-order valence-electron chi connectivity index (χ2n) is 5.10. The van der Waals surface area contributed by atoms with Crippen LogP contribution in [0.5, 0.6) is 0 Å². The van der Waals surface area contributed by atoms with Crippen molar-refractivity contribution >= 4 is 10.0 Å². The highest BCUT2D eigenvalue weighted by Gasteiger charge is 2.28. The monoisotopic (exact) mass is 294 g/mol. The van der Waals surface area contributed by atoms with Gasteiger partial charge in [0.1, 0.15) is 0 Å². The summed E-state index contributed by atoms with van der Waals surface area (Å²) in [5.74, 6) is 0. The fourth-order valence-corrected chi connectivity index (χ4v) is 3.74. The van der Waals surface area contributed by atoms with Gasteiger partial charge in [-0.3, -0.25) is 0 Å². The Labute approximate surface area is 118 Å². The van der Waals surface area contributed by atoms with E-state index in [0.29, 0.717) is 6.42 Å². The number of benzene rings is 1. The first-order valence-electron chi connectivity index (χ1n) is 6.66. The minimum absolute atomic E-state index is 0.244. The molecule has 1 aliphatic rings. The smallest absolute Gasteiger partial charge is 0.208 e. The number of nitrogens with one attached hydrogen (secondary N) is 1. The fraction of sp³-hybridized carbons (Fsp3) is 0.538. The summed E-state index contributed by atoms with van der Waals surface area (Å²) < 4.78 is 27.3. The zero-order chi connectivity index (χ0) is 14.6. The number of nitrogens with zero attached hydrogens (tertiary/aromatic N) is 3. The Hall–Kier alpha value is -1.56. The van der Waals surface area contributed by atoms with Crippen molar-refractivity contribution < 1.29 is 8.42 Å². The van der Waals surface area contributed by atoms with Crippen molar-refractivity contribution in [3.05, 3.63) is 40.3 Å². The highest BCUT2D eigenvalue weighted by atomic mass is 32.2. The Morgan fingerprint density at radius 1 is 1.25 bits per heavy atom. The molecule has 7 heteroatoms. The number of aryl methyl sites for hydroxylation is 1. The lowest BCUT2D eigenvalue weighted by Crippen LogP contribution is -2.44. The standard InChI is InChI=1S/C13H18N4O2S/c1-10-6-8-11(9-7-10)20(18,19)16-13-5-3-2-4-12(13)15-17-14/h6-9,12-13,16H,2-5H2,1H3. The predicted molar refractivity (Wildman–Crippen MR) is 76.7 cm³/mol. The minimum Gasteiger partial charge on any atom is -0.208 e. The number of sulfonamides is 1. The molecule has 2 rings (SSSR count). The Kier molecular flexibility index (Phi) is 4.65. The maximum atomic E-state index is 12.3. The van der Waals surface area contributed by atoms with Gasteiger partial charge in [0.05, 0.1) is 10.9 Å². The highest BCUT2D eigenvalue weighted by molar-refractivity contribution is 7.89.